The average Bonchev–Trinajstić information content (AvgIpc) is 2.88. The minimum Gasteiger partial charge on any atom is -0.378 e. The molecule has 0 spiro atoms. The van der Waals surface area contributed by atoms with Gasteiger partial charge in [0.05, 0.1) is 11.1 Å². The number of carbonyl (C=O) groups is 1. The standard InChI is InChI=1S/C13H21N3O2S/c1-2-18-10-4-7-16(8-5-10)13(17)11-9-19-12(15-11)3-6-14/h9-10H,2-8,14H2,1H3. The molecule has 1 amide bonds. The first-order valence-electron chi connectivity index (χ1n) is 6.80. The Labute approximate surface area is 117 Å². The highest BCUT2D eigenvalue weighted by atomic mass is 32.1. The Morgan fingerprint density at radius 3 is 2.95 bits per heavy atom. The average molecular weight is 283 g/mol. The van der Waals surface area contributed by atoms with Gasteiger partial charge in [-0.3, -0.25) is 4.79 Å². The van der Waals surface area contributed by atoms with E-state index in [9.17, 15) is 4.79 Å². The van der Waals surface area contributed by atoms with Crippen LogP contribution in [-0.2, 0) is 11.2 Å². The van der Waals surface area contributed by atoms with Crippen LogP contribution in [0.4, 0.5) is 0 Å². The van der Waals surface area contributed by atoms with Crippen LogP contribution in [0.15, 0.2) is 5.38 Å². The van der Waals surface area contributed by atoms with Crippen LogP contribution in [0.25, 0.3) is 0 Å². The van der Waals surface area contributed by atoms with Crippen molar-refractivity contribution >= 4 is 17.2 Å². The van der Waals surface area contributed by atoms with E-state index in [4.69, 9.17) is 10.5 Å². The number of piperidine rings is 1. The first kappa shape index (κ1) is 14.4. The zero-order valence-corrected chi connectivity index (χ0v) is 12.1. The number of amides is 1. The Kier molecular flexibility index (Phi) is 5.30. The summed E-state index contributed by atoms with van der Waals surface area (Å²) in [4.78, 5) is 18.5. The highest BCUT2D eigenvalue weighted by Crippen LogP contribution is 2.17. The van der Waals surface area contributed by atoms with Crippen molar-refractivity contribution in [3.63, 3.8) is 0 Å². The molecule has 5 nitrogen and oxygen atoms in total. The molecule has 106 valence electrons. The number of hydrogen-bond donors (Lipinski definition) is 1. The Hall–Kier alpha value is -0.980. The van der Waals surface area contributed by atoms with Gasteiger partial charge in [-0.15, -0.1) is 11.3 Å². The lowest BCUT2D eigenvalue weighted by Gasteiger charge is -2.31. The molecule has 1 aliphatic rings. The first-order valence-corrected chi connectivity index (χ1v) is 7.68. The first-order chi connectivity index (χ1) is 9.24. The Morgan fingerprint density at radius 2 is 2.32 bits per heavy atom. The summed E-state index contributed by atoms with van der Waals surface area (Å²) in [6.07, 6.45) is 2.88. The van der Waals surface area contributed by atoms with Crippen LogP contribution in [0.1, 0.15) is 35.3 Å². The predicted molar refractivity (Wildman–Crippen MR) is 75.4 cm³/mol. The largest absolute Gasteiger partial charge is 0.378 e. The highest BCUT2D eigenvalue weighted by molar-refractivity contribution is 7.09. The van der Waals surface area contributed by atoms with Gasteiger partial charge in [0.15, 0.2) is 0 Å². The molecule has 0 atom stereocenters. The molecular formula is C13H21N3O2S. The van der Waals surface area contributed by atoms with Gasteiger partial charge in [-0.25, -0.2) is 4.98 Å². The van der Waals surface area contributed by atoms with Crippen LogP contribution in [0.5, 0.6) is 0 Å². The molecule has 0 saturated carbocycles. The fraction of sp³-hybridized carbons (Fsp3) is 0.692. The van der Waals surface area contributed by atoms with Gasteiger partial charge in [-0.05, 0) is 26.3 Å². The van der Waals surface area contributed by atoms with Crippen molar-refractivity contribution in [1.82, 2.24) is 9.88 Å². The van der Waals surface area contributed by atoms with E-state index in [1.807, 2.05) is 17.2 Å². The van der Waals surface area contributed by atoms with Gasteiger partial charge in [0.1, 0.15) is 5.69 Å². The molecule has 1 aliphatic heterocycles. The molecule has 2 heterocycles. The number of ether oxygens (including phenoxy) is 1. The normalized spacial score (nSPS) is 16.8. The molecule has 0 unspecified atom stereocenters. The predicted octanol–water partition coefficient (Wildman–Crippen LogP) is 1.29. The van der Waals surface area contributed by atoms with Crippen molar-refractivity contribution in [2.75, 3.05) is 26.2 Å². The van der Waals surface area contributed by atoms with Crippen molar-refractivity contribution in [1.29, 1.82) is 0 Å². The van der Waals surface area contributed by atoms with Gasteiger partial charge >= 0.3 is 0 Å². The van der Waals surface area contributed by atoms with Crippen LogP contribution in [-0.4, -0.2) is 48.1 Å². The third kappa shape index (κ3) is 3.75. The molecule has 1 fully saturated rings. The van der Waals surface area contributed by atoms with Crippen molar-refractivity contribution in [3.8, 4) is 0 Å². The molecule has 1 aromatic rings. The molecule has 2 rings (SSSR count). The molecule has 0 radical (unpaired) electrons. The summed E-state index contributed by atoms with van der Waals surface area (Å²) in [5.74, 6) is 0.0365. The van der Waals surface area contributed by atoms with Crippen molar-refractivity contribution < 1.29 is 9.53 Å². The zero-order valence-electron chi connectivity index (χ0n) is 11.3. The summed E-state index contributed by atoms with van der Waals surface area (Å²) in [5, 5.41) is 2.78. The number of nitrogens with two attached hydrogens (primary N) is 1. The second kappa shape index (κ2) is 6.98. The summed E-state index contributed by atoms with van der Waals surface area (Å²) in [5.41, 5.74) is 6.05. The van der Waals surface area contributed by atoms with Crippen LogP contribution in [0, 0.1) is 0 Å². The lowest BCUT2D eigenvalue weighted by Crippen LogP contribution is -2.41. The number of nitrogens with zero attached hydrogens (tertiary/aromatic N) is 2. The monoisotopic (exact) mass is 283 g/mol. The Bertz CT molecular complexity index is 414. The van der Waals surface area contributed by atoms with E-state index in [0.29, 0.717) is 18.3 Å². The minimum absolute atomic E-state index is 0.0365. The third-order valence-corrected chi connectivity index (χ3v) is 4.17. The van der Waals surface area contributed by atoms with E-state index in [-0.39, 0.29) is 5.91 Å². The Morgan fingerprint density at radius 1 is 1.58 bits per heavy atom. The molecule has 1 saturated heterocycles. The smallest absolute Gasteiger partial charge is 0.273 e. The van der Waals surface area contributed by atoms with Gasteiger partial charge in [-0.2, -0.15) is 0 Å². The maximum Gasteiger partial charge on any atom is 0.273 e. The molecule has 0 aliphatic carbocycles. The lowest BCUT2D eigenvalue weighted by molar-refractivity contribution is 0.0144. The second-order valence-electron chi connectivity index (χ2n) is 4.61. The van der Waals surface area contributed by atoms with E-state index in [1.165, 1.54) is 11.3 Å². The molecular weight excluding hydrogens is 262 g/mol. The van der Waals surface area contributed by atoms with Crippen LogP contribution < -0.4 is 5.73 Å². The number of thiazole rings is 1. The fourth-order valence-electron chi connectivity index (χ4n) is 2.27. The summed E-state index contributed by atoms with van der Waals surface area (Å²) >= 11 is 1.51. The maximum absolute atomic E-state index is 12.3. The van der Waals surface area contributed by atoms with E-state index in [1.54, 1.807) is 0 Å². The van der Waals surface area contributed by atoms with Crippen molar-refractivity contribution in [2.45, 2.75) is 32.3 Å². The Balaban J connectivity index is 1.89. The van der Waals surface area contributed by atoms with E-state index in [2.05, 4.69) is 4.98 Å². The van der Waals surface area contributed by atoms with Crippen LogP contribution >= 0.6 is 11.3 Å². The molecule has 0 aromatic carbocycles. The topological polar surface area (TPSA) is 68.5 Å². The fourth-order valence-corrected chi connectivity index (χ4v) is 3.06. The minimum atomic E-state index is 0.0365. The van der Waals surface area contributed by atoms with Crippen molar-refractivity contribution in [2.24, 2.45) is 5.73 Å². The molecule has 19 heavy (non-hydrogen) atoms. The van der Waals surface area contributed by atoms with E-state index in [0.717, 1.165) is 44.0 Å². The van der Waals surface area contributed by atoms with Crippen LogP contribution in [0.2, 0.25) is 0 Å². The van der Waals surface area contributed by atoms with Gasteiger partial charge in [-0.1, -0.05) is 0 Å². The number of hydrogen-bond acceptors (Lipinski definition) is 5. The van der Waals surface area contributed by atoms with E-state index >= 15 is 0 Å². The third-order valence-electron chi connectivity index (χ3n) is 3.26. The summed E-state index contributed by atoms with van der Waals surface area (Å²) < 4.78 is 5.59. The second-order valence-corrected chi connectivity index (χ2v) is 5.55. The van der Waals surface area contributed by atoms with Crippen molar-refractivity contribution in [3.05, 3.63) is 16.1 Å². The zero-order chi connectivity index (χ0) is 13.7. The van der Waals surface area contributed by atoms with Gasteiger partial charge in [0, 0.05) is 31.5 Å². The summed E-state index contributed by atoms with van der Waals surface area (Å²) in [7, 11) is 0. The van der Waals surface area contributed by atoms with Crippen LogP contribution in [0.3, 0.4) is 0 Å². The highest BCUT2D eigenvalue weighted by Gasteiger charge is 2.25. The van der Waals surface area contributed by atoms with Gasteiger partial charge in [0.25, 0.3) is 5.91 Å². The maximum atomic E-state index is 12.3. The number of likely N-dealkylation sites (tertiary alicyclic amines) is 1. The SMILES string of the molecule is CCOC1CCN(C(=O)c2csc(CCN)n2)CC1. The molecule has 2 N–H and O–H groups in total. The quantitative estimate of drug-likeness (QED) is 0.884. The summed E-state index contributed by atoms with van der Waals surface area (Å²) in [6.45, 7) is 4.83. The van der Waals surface area contributed by atoms with E-state index < -0.39 is 0 Å². The lowest BCUT2D eigenvalue weighted by atomic mass is 10.1. The van der Waals surface area contributed by atoms with Gasteiger partial charge in [0.2, 0.25) is 0 Å². The number of aromatic nitrogens is 1. The number of carbonyl (C=O) groups excluding carboxylic acids is 1. The van der Waals surface area contributed by atoms with Gasteiger partial charge < -0.3 is 15.4 Å². The summed E-state index contributed by atoms with van der Waals surface area (Å²) in [6, 6.07) is 0. The molecule has 0 bridgehead atoms. The molecule has 6 heteroatoms. The number of rotatable bonds is 5. The molecule has 1 aromatic heterocycles.